The van der Waals surface area contributed by atoms with E-state index in [9.17, 15) is 4.39 Å². The van der Waals surface area contributed by atoms with Gasteiger partial charge >= 0.3 is 0 Å². The molecule has 1 heterocycles. The lowest BCUT2D eigenvalue weighted by molar-refractivity contribution is 0.0378. The van der Waals surface area contributed by atoms with Gasteiger partial charge in [0.05, 0.1) is 24.8 Å². The Balaban J connectivity index is 1.73. The highest BCUT2D eigenvalue weighted by molar-refractivity contribution is 5.49. The first-order valence-electron chi connectivity index (χ1n) is 6.52. The lowest BCUT2D eigenvalue weighted by Crippen LogP contribution is -2.37. The molecule has 0 saturated carbocycles. The lowest BCUT2D eigenvalue weighted by Gasteiger charge is -2.26. The molecule has 19 heavy (non-hydrogen) atoms. The van der Waals surface area contributed by atoms with Crippen molar-refractivity contribution in [3.63, 3.8) is 0 Å². The van der Waals surface area contributed by atoms with Crippen LogP contribution in [0, 0.1) is 17.1 Å². The van der Waals surface area contributed by atoms with Crippen molar-refractivity contribution in [3.05, 3.63) is 29.6 Å². The van der Waals surface area contributed by atoms with Crippen LogP contribution < -0.4 is 5.32 Å². The number of morpholine rings is 1. The van der Waals surface area contributed by atoms with Crippen LogP contribution in [-0.2, 0) is 4.74 Å². The number of anilines is 1. The Morgan fingerprint density at radius 2 is 2.11 bits per heavy atom. The van der Waals surface area contributed by atoms with E-state index in [1.165, 1.54) is 12.1 Å². The Kier molecular flexibility index (Phi) is 5.13. The highest BCUT2D eigenvalue weighted by Crippen LogP contribution is 2.13. The lowest BCUT2D eigenvalue weighted by atomic mass is 10.2. The maximum atomic E-state index is 13.2. The van der Waals surface area contributed by atoms with Crippen molar-refractivity contribution in [2.45, 2.75) is 6.42 Å². The van der Waals surface area contributed by atoms with Gasteiger partial charge in [-0.2, -0.15) is 5.26 Å². The van der Waals surface area contributed by atoms with Crippen LogP contribution in [0.1, 0.15) is 12.0 Å². The molecule has 0 spiro atoms. The summed E-state index contributed by atoms with van der Waals surface area (Å²) in [6.07, 6.45) is 0.985. The van der Waals surface area contributed by atoms with E-state index in [-0.39, 0.29) is 5.82 Å². The number of halogens is 1. The minimum absolute atomic E-state index is 0.343. The van der Waals surface area contributed by atoms with Crippen LogP contribution >= 0.6 is 0 Å². The van der Waals surface area contributed by atoms with Gasteiger partial charge in [-0.3, -0.25) is 4.90 Å². The summed E-state index contributed by atoms with van der Waals surface area (Å²) in [5, 5.41) is 11.9. The van der Waals surface area contributed by atoms with Crippen LogP contribution in [0.4, 0.5) is 10.1 Å². The minimum Gasteiger partial charge on any atom is -0.385 e. The second-order valence-electron chi connectivity index (χ2n) is 4.57. The first-order valence-corrected chi connectivity index (χ1v) is 6.52. The third-order valence-electron chi connectivity index (χ3n) is 3.11. The highest BCUT2D eigenvalue weighted by Gasteiger charge is 2.09. The quantitative estimate of drug-likeness (QED) is 0.823. The van der Waals surface area contributed by atoms with E-state index in [1.807, 2.05) is 6.07 Å². The molecule has 0 aromatic heterocycles. The van der Waals surface area contributed by atoms with Gasteiger partial charge in [0, 0.05) is 25.3 Å². The van der Waals surface area contributed by atoms with Crippen molar-refractivity contribution >= 4 is 5.69 Å². The monoisotopic (exact) mass is 263 g/mol. The Morgan fingerprint density at radius 1 is 1.32 bits per heavy atom. The first kappa shape index (κ1) is 13.8. The molecule has 5 heteroatoms. The van der Waals surface area contributed by atoms with Gasteiger partial charge in [0.2, 0.25) is 0 Å². The van der Waals surface area contributed by atoms with Crippen LogP contribution in [0.15, 0.2) is 18.2 Å². The molecule has 2 rings (SSSR count). The summed E-state index contributed by atoms with van der Waals surface area (Å²) in [5.41, 5.74) is 1.01. The fraction of sp³-hybridized carbons (Fsp3) is 0.500. The molecule has 0 radical (unpaired) electrons. The van der Waals surface area contributed by atoms with Gasteiger partial charge in [-0.25, -0.2) is 4.39 Å². The third kappa shape index (κ3) is 4.51. The van der Waals surface area contributed by atoms with Crippen LogP contribution in [-0.4, -0.2) is 44.3 Å². The smallest absolute Gasteiger partial charge is 0.126 e. The fourth-order valence-corrected chi connectivity index (χ4v) is 2.12. The first-order chi connectivity index (χ1) is 9.28. The molecule has 1 aliphatic rings. The second kappa shape index (κ2) is 7.07. The number of nitriles is 1. The molecule has 0 atom stereocenters. The molecular weight excluding hydrogens is 245 g/mol. The van der Waals surface area contributed by atoms with Gasteiger partial charge in [-0.1, -0.05) is 0 Å². The zero-order chi connectivity index (χ0) is 13.5. The number of nitrogens with one attached hydrogen (secondary N) is 1. The molecule has 102 valence electrons. The normalized spacial score (nSPS) is 16.0. The molecule has 1 aromatic carbocycles. The molecule has 0 aliphatic carbocycles. The number of hydrogen-bond donors (Lipinski definition) is 1. The van der Waals surface area contributed by atoms with Crippen molar-refractivity contribution in [2.75, 3.05) is 44.7 Å². The van der Waals surface area contributed by atoms with Crippen molar-refractivity contribution in [2.24, 2.45) is 0 Å². The Labute approximate surface area is 112 Å². The number of nitrogens with zero attached hydrogens (tertiary/aromatic N) is 2. The van der Waals surface area contributed by atoms with E-state index in [2.05, 4.69) is 10.2 Å². The van der Waals surface area contributed by atoms with E-state index in [4.69, 9.17) is 10.00 Å². The van der Waals surface area contributed by atoms with Gasteiger partial charge < -0.3 is 10.1 Å². The standard InChI is InChI=1S/C14H18FN3O/c15-13-8-12(11-16)9-14(10-13)17-2-1-3-18-4-6-19-7-5-18/h8-10,17H,1-7H2. The van der Waals surface area contributed by atoms with Crippen LogP contribution in [0.3, 0.4) is 0 Å². The molecule has 0 unspecified atom stereocenters. The highest BCUT2D eigenvalue weighted by atomic mass is 19.1. The summed E-state index contributed by atoms with van der Waals surface area (Å²) in [7, 11) is 0. The Morgan fingerprint density at radius 3 is 2.84 bits per heavy atom. The zero-order valence-electron chi connectivity index (χ0n) is 10.9. The molecule has 1 aliphatic heterocycles. The van der Waals surface area contributed by atoms with Gasteiger partial charge in [0.15, 0.2) is 0 Å². The third-order valence-corrected chi connectivity index (χ3v) is 3.11. The van der Waals surface area contributed by atoms with Crippen LogP contribution in [0.25, 0.3) is 0 Å². The van der Waals surface area contributed by atoms with Crippen LogP contribution in [0.2, 0.25) is 0 Å². The van der Waals surface area contributed by atoms with E-state index in [1.54, 1.807) is 6.07 Å². The van der Waals surface area contributed by atoms with Gasteiger partial charge in [0.25, 0.3) is 0 Å². The summed E-state index contributed by atoms with van der Waals surface area (Å²) in [6.45, 7) is 5.37. The molecule has 0 bridgehead atoms. The average Bonchev–Trinajstić information content (AvgIpc) is 2.44. The molecule has 0 amide bonds. The van der Waals surface area contributed by atoms with Crippen molar-refractivity contribution < 1.29 is 9.13 Å². The molecule has 1 aromatic rings. The number of rotatable bonds is 5. The number of hydrogen-bond acceptors (Lipinski definition) is 4. The summed E-state index contributed by atoms with van der Waals surface area (Å²) >= 11 is 0. The van der Waals surface area contributed by atoms with Crippen molar-refractivity contribution in [1.82, 2.24) is 4.90 Å². The Hall–Kier alpha value is -1.64. The summed E-state index contributed by atoms with van der Waals surface area (Å²) < 4.78 is 18.5. The maximum absolute atomic E-state index is 13.2. The van der Waals surface area contributed by atoms with Gasteiger partial charge in [0.1, 0.15) is 5.82 Å². The van der Waals surface area contributed by atoms with E-state index in [0.717, 1.165) is 45.8 Å². The van der Waals surface area contributed by atoms with Crippen molar-refractivity contribution in [1.29, 1.82) is 5.26 Å². The largest absolute Gasteiger partial charge is 0.385 e. The summed E-state index contributed by atoms with van der Waals surface area (Å²) in [5.74, 6) is -0.380. The molecule has 4 nitrogen and oxygen atoms in total. The van der Waals surface area contributed by atoms with Crippen molar-refractivity contribution in [3.8, 4) is 6.07 Å². The number of ether oxygens (including phenoxy) is 1. The fourth-order valence-electron chi connectivity index (χ4n) is 2.12. The van der Waals surface area contributed by atoms with Gasteiger partial charge in [-0.05, 0) is 31.2 Å². The number of benzene rings is 1. The Bertz CT molecular complexity index is 452. The predicted octanol–water partition coefficient (Wildman–Crippen LogP) is 1.83. The molecule has 1 N–H and O–H groups in total. The second-order valence-corrected chi connectivity index (χ2v) is 4.57. The molecule has 1 saturated heterocycles. The molecule has 1 fully saturated rings. The average molecular weight is 263 g/mol. The van der Waals surface area contributed by atoms with Gasteiger partial charge in [-0.15, -0.1) is 0 Å². The van der Waals surface area contributed by atoms with E-state index in [0.29, 0.717) is 11.3 Å². The van der Waals surface area contributed by atoms with Crippen LogP contribution in [0.5, 0.6) is 0 Å². The molecular formula is C14H18FN3O. The summed E-state index contributed by atoms with van der Waals surface area (Å²) in [6, 6.07) is 6.26. The SMILES string of the molecule is N#Cc1cc(F)cc(NCCCN2CCOCC2)c1. The predicted molar refractivity (Wildman–Crippen MR) is 71.5 cm³/mol. The summed E-state index contributed by atoms with van der Waals surface area (Å²) in [4.78, 5) is 2.36. The minimum atomic E-state index is -0.380. The topological polar surface area (TPSA) is 48.3 Å². The maximum Gasteiger partial charge on any atom is 0.126 e. The zero-order valence-corrected chi connectivity index (χ0v) is 10.9. The van der Waals surface area contributed by atoms with E-state index >= 15 is 0 Å². The van der Waals surface area contributed by atoms with E-state index < -0.39 is 0 Å².